The van der Waals surface area contributed by atoms with Crippen LogP contribution in [0.25, 0.3) is 0 Å². The molecule has 0 radical (unpaired) electrons. The zero-order valence-electron chi connectivity index (χ0n) is 19.2. The van der Waals surface area contributed by atoms with Crippen LogP contribution in [0.5, 0.6) is 17.2 Å². The third-order valence-electron chi connectivity index (χ3n) is 5.20. The van der Waals surface area contributed by atoms with E-state index >= 15 is 0 Å². The fourth-order valence-electron chi connectivity index (χ4n) is 3.35. The van der Waals surface area contributed by atoms with Crippen LogP contribution in [0, 0.1) is 10.1 Å². The number of hydrazone groups is 1. The lowest BCUT2D eigenvalue weighted by atomic mass is 10.1. The number of nitrogens with one attached hydrogen (secondary N) is 1. The van der Waals surface area contributed by atoms with Crippen LogP contribution in [0.1, 0.15) is 12.5 Å². The molecule has 2 aromatic carbocycles. The van der Waals surface area contributed by atoms with Gasteiger partial charge in [-0.2, -0.15) is 9.41 Å². The van der Waals surface area contributed by atoms with Crippen LogP contribution in [-0.2, 0) is 14.8 Å². The van der Waals surface area contributed by atoms with Gasteiger partial charge in [0.1, 0.15) is 5.69 Å². The standard InChI is InChI=1S/C21H26N4O8S/c1-14(15-11-19(30-2)21(32-4)20(12-15)31-3)22-23-17-6-5-16(13-18(17)25(26)27)34(28,29)24-7-9-33-10-8-24/h5-6,11-13,23H,7-10H2,1-4H3/b22-14+. The van der Waals surface area contributed by atoms with Crippen molar-refractivity contribution in [2.24, 2.45) is 5.10 Å². The van der Waals surface area contributed by atoms with E-state index in [1.165, 1.54) is 37.8 Å². The lowest BCUT2D eigenvalue weighted by molar-refractivity contribution is -0.384. The van der Waals surface area contributed by atoms with E-state index < -0.39 is 20.6 Å². The first-order valence-electron chi connectivity index (χ1n) is 10.2. The van der Waals surface area contributed by atoms with E-state index in [0.29, 0.717) is 28.5 Å². The number of rotatable bonds is 9. The van der Waals surface area contributed by atoms with Gasteiger partial charge in [0.15, 0.2) is 11.5 Å². The molecule has 0 aliphatic carbocycles. The molecule has 13 heteroatoms. The van der Waals surface area contributed by atoms with Gasteiger partial charge in [-0.05, 0) is 31.2 Å². The number of nitrogens with zero attached hydrogens (tertiary/aromatic N) is 3. The predicted octanol–water partition coefficient (Wildman–Crippen LogP) is 2.48. The number of methoxy groups -OCH3 is 3. The Labute approximate surface area is 197 Å². The fraction of sp³-hybridized carbons (Fsp3) is 0.381. The van der Waals surface area contributed by atoms with Crippen LogP contribution in [-0.4, -0.2) is 71.0 Å². The third kappa shape index (κ3) is 5.21. The van der Waals surface area contributed by atoms with Crippen molar-refractivity contribution >= 4 is 27.1 Å². The molecular weight excluding hydrogens is 468 g/mol. The Morgan fingerprint density at radius 3 is 2.24 bits per heavy atom. The summed E-state index contributed by atoms with van der Waals surface area (Å²) in [6.45, 7) is 2.62. The van der Waals surface area contributed by atoms with Gasteiger partial charge >= 0.3 is 0 Å². The van der Waals surface area contributed by atoms with Gasteiger partial charge in [-0.3, -0.25) is 15.5 Å². The van der Waals surface area contributed by atoms with Gasteiger partial charge in [0, 0.05) is 24.7 Å². The maximum Gasteiger partial charge on any atom is 0.295 e. The zero-order chi connectivity index (χ0) is 24.9. The molecule has 1 heterocycles. The molecule has 0 bridgehead atoms. The Hall–Kier alpha value is -3.42. The predicted molar refractivity (Wildman–Crippen MR) is 125 cm³/mol. The molecule has 2 aromatic rings. The van der Waals surface area contributed by atoms with Crippen LogP contribution in [0.3, 0.4) is 0 Å². The minimum absolute atomic E-state index is 0.0396. The Bertz CT molecular complexity index is 1170. The second kappa shape index (κ2) is 10.7. The van der Waals surface area contributed by atoms with Crippen molar-refractivity contribution < 1.29 is 32.3 Å². The molecule has 1 fully saturated rings. The fourth-order valence-corrected chi connectivity index (χ4v) is 4.78. The maximum atomic E-state index is 12.9. The highest BCUT2D eigenvalue weighted by Crippen LogP contribution is 2.38. The highest BCUT2D eigenvalue weighted by atomic mass is 32.2. The number of sulfonamides is 1. The second-order valence-corrected chi connectivity index (χ2v) is 9.11. The van der Waals surface area contributed by atoms with Crippen LogP contribution in [0.2, 0.25) is 0 Å². The molecular formula is C21H26N4O8S. The second-order valence-electron chi connectivity index (χ2n) is 7.18. The number of anilines is 1. The van der Waals surface area contributed by atoms with E-state index in [2.05, 4.69) is 10.5 Å². The highest BCUT2D eigenvalue weighted by molar-refractivity contribution is 7.89. The zero-order valence-corrected chi connectivity index (χ0v) is 20.0. The van der Waals surface area contributed by atoms with Crippen LogP contribution in [0.4, 0.5) is 11.4 Å². The summed E-state index contributed by atoms with van der Waals surface area (Å²) in [4.78, 5) is 10.8. The molecule has 1 aliphatic rings. The molecule has 1 N–H and O–H groups in total. The van der Waals surface area contributed by atoms with Crippen molar-refractivity contribution in [3.63, 3.8) is 0 Å². The molecule has 0 spiro atoms. The summed E-state index contributed by atoms with van der Waals surface area (Å²) >= 11 is 0. The summed E-state index contributed by atoms with van der Waals surface area (Å²) in [5.74, 6) is 1.27. The van der Waals surface area contributed by atoms with Crippen molar-refractivity contribution in [1.82, 2.24) is 4.31 Å². The molecule has 12 nitrogen and oxygen atoms in total. The van der Waals surface area contributed by atoms with E-state index in [9.17, 15) is 18.5 Å². The van der Waals surface area contributed by atoms with Crippen molar-refractivity contribution in [3.05, 3.63) is 46.0 Å². The van der Waals surface area contributed by atoms with E-state index in [1.807, 2.05) is 0 Å². The van der Waals surface area contributed by atoms with E-state index in [1.54, 1.807) is 19.1 Å². The summed E-state index contributed by atoms with van der Waals surface area (Å²) in [7, 11) is 0.581. The molecule has 0 atom stereocenters. The van der Waals surface area contributed by atoms with Gasteiger partial charge < -0.3 is 18.9 Å². The Morgan fingerprint density at radius 2 is 1.71 bits per heavy atom. The minimum Gasteiger partial charge on any atom is -0.493 e. The third-order valence-corrected chi connectivity index (χ3v) is 7.09. The van der Waals surface area contributed by atoms with Crippen LogP contribution < -0.4 is 19.6 Å². The van der Waals surface area contributed by atoms with E-state index in [-0.39, 0.29) is 36.9 Å². The number of nitro benzene ring substituents is 1. The van der Waals surface area contributed by atoms with Crippen molar-refractivity contribution in [2.45, 2.75) is 11.8 Å². The Morgan fingerprint density at radius 1 is 1.09 bits per heavy atom. The van der Waals surface area contributed by atoms with Gasteiger partial charge in [0.25, 0.3) is 5.69 Å². The molecule has 1 saturated heterocycles. The SMILES string of the molecule is COc1cc(/C(C)=N/Nc2ccc(S(=O)(=O)N3CCOCC3)cc2[N+](=O)[O-])cc(OC)c1OC. The maximum absolute atomic E-state index is 12.9. The number of nitro groups is 1. The lowest BCUT2D eigenvalue weighted by Crippen LogP contribution is -2.40. The first kappa shape index (κ1) is 25.2. The number of hydrogen-bond acceptors (Lipinski definition) is 10. The first-order valence-corrected chi connectivity index (χ1v) is 11.6. The first-order chi connectivity index (χ1) is 16.2. The van der Waals surface area contributed by atoms with E-state index in [0.717, 1.165) is 6.07 Å². The van der Waals surface area contributed by atoms with Crippen molar-refractivity contribution in [2.75, 3.05) is 53.1 Å². The number of benzene rings is 2. The van der Waals surface area contributed by atoms with Gasteiger partial charge in [-0.25, -0.2) is 8.42 Å². The van der Waals surface area contributed by atoms with Crippen molar-refractivity contribution in [1.29, 1.82) is 0 Å². The summed E-state index contributed by atoms with van der Waals surface area (Å²) in [5.41, 5.74) is 3.37. The number of hydrogen-bond donors (Lipinski definition) is 1. The highest BCUT2D eigenvalue weighted by Gasteiger charge is 2.29. The lowest BCUT2D eigenvalue weighted by Gasteiger charge is -2.26. The molecule has 0 saturated carbocycles. The monoisotopic (exact) mass is 494 g/mol. The summed E-state index contributed by atoms with van der Waals surface area (Å²) in [5, 5.41) is 15.9. The smallest absolute Gasteiger partial charge is 0.295 e. The molecule has 184 valence electrons. The van der Waals surface area contributed by atoms with Gasteiger partial charge in [0.05, 0.1) is 50.1 Å². The summed E-state index contributed by atoms with van der Waals surface area (Å²) in [6.07, 6.45) is 0. The van der Waals surface area contributed by atoms with Crippen LogP contribution in [0.15, 0.2) is 40.3 Å². The average Bonchev–Trinajstić information content (AvgIpc) is 2.86. The Balaban J connectivity index is 1.91. The summed E-state index contributed by atoms with van der Waals surface area (Å²) in [6, 6.07) is 7.03. The molecule has 0 unspecified atom stereocenters. The van der Waals surface area contributed by atoms with Gasteiger partial charge in [-0.1, -0.05) is 0 Å². The molecule has 34 heavy (non-hydrogen) atoms. The van der Waals surface area contributed by atoms with Gasteiger partial charge in [-0.15, -0.1) is 0 Å². The normalized spacial score (nSPS) is 15.0. The minimum atomic E-state index is -3.89. The number of ether oxygens (including phenoxy) is 4. The quantitative estimate of drug-likeness (QED) is 0.316. The largest absolute Gasteiger partial charge is 0.493 e. The molecule has 3 rings (SSSR count). The van der Waals surface area contributed by atoms with Crippen molar-refractivity contribution in [3.8, 4) is 17.2 Å². The van der Waals surface area contributed by atoms with Crippen LogP contribution >= 0.6 is 0 Å². The Kier molecular flexibility index (Phi) is 7.91. The number of morpholine rings is 1. The average molecular weight is 495 g/mol. The molecule has 1 aliphatic heterocycles. The van der Waals surface area contributed by atoms with E-state index in [4.69, 9.17) is 18.9 Å². The molecule has 0 aromatic heterocycles. The summed E-state index contributed by atoms with van der Waals surface area (Å²) < 4.78 is 48.1. The topological polar surface area (TPSA) is 142 Å². The molecule has 0 amide bonds. The van der Waals surface area contributed by atoms with Gasteiger partial charge in [0.2, 0.25) is 15.8 Å².